The third kappa shape index (κ3) is 3.56. The average Bonchev–Trinajstić information content (AvgIpc) is 2.79. The van der Waals surface area contributed by atoms with Crippen LogP contribution in [0.15, 0.2) is 48.9 Å². The molecule has 160 valence electrons. The highest BCUT2D eigenvalue weighted by Crippen LogP contribution is 2.34. The average molecular weight is 444 g/mol. The van der Waals surface area contributed by atoms with Crippen molar-refractivity contribution in [1.82, 2.24) is 15.0 Å². The molecule has 0 amide bonds. The van der Waals surface area contributed by atoms with Crippen molar-refractivity contribution in [3.05, 3.63) is 76.3 Å². The predicted molar refractivity (Wildman–Crippen MR) is 128 cm³/mol. The van der Waals surface area contributed by atoms with Gasteiger partial charge in [0.2, 0.25) is 0 Å². The number of hydrogen-bond donors (Lipinski definition) is 1. The fourth-order valence-electron chi connectivity index (χ4n) is 4.33. The van der Waals surface area contributed by atoms with Gasteiger partial charge in [-0.05, 0) is 66.8 Å². The quantitative estimate of drug-likeness (QED) is 0.354. The van der Waals surface area contributed by atoms with Crippen LogP contribution in [0.5, 0.6) is 0 Å². The van der Waals surface area contributed by atoms with Crippen LogP contribution in [0.1, 0.15) is 34.0 Å². The lowest BCUT2D eigenvalue weighted by atomic mass is 9.95. The number of ketones is 1. The molecule has 0 spiro atoms. The van der Waals surface area contributed by atoms with E-state index in [-0.39, 0.29) is 5.78 Å². The molecular weight excluding hydrogens is 422 g/mol. The van der Waals surface area contributed by atoms with E-state index < -0.39 is 0 Å². The number of nitrogens with zero attached hydrogens (tertiary/aromatic N) is 4. The van der Waals surface area contributed by atoms with Crippen LogP contribution in [-0.2, 0) is 13.0 Å². The van der Waals surface area contributed by atoms with Crippen molar-refractivity contribution in [3.8, 4) is 11.1 Å². The number of hydrogen-bond acceptors (Lipinski definition) is 6. The topological polar surface area (TPSA) is 85.0 Å². The smallest absolute Gasteiger partial charge is 0.159 e. The number of aromatic nitrogens is 3. The molecule has 0 atom stereocenters. The molecule has 2 aromatic heterocycles. The van der Waals surface area contributed by atoms with E-state index in [0.29, 0.717) is 17.4 Å². The van der Waals surface area contributed by atoms with Gasteiger partial charge in [-0.3, -0.25) is 4.79 Å². The molecule has 5 rings (SSSR count). The third-order valence-corrected chi connectivity index (χ3v) is 6.35. The van der Waals surface area contributed by atoms with E-state index in [1.807, 2.05) is 25.1 Å². The Bertz CT molecular complexity index is 1380. The van der Waals surface area contributed by atoms with Gasteiger partial charge in [-0.15, -0.1) is 0 Å². The number of carbonyl (C=O) groups is 1. The van der Waals surface area contributed by atoms with Gasteiger partial charge in [0.1, 0.15) is 12.1 Å². The van der Waals surface area contributed by atoms with Crippen molar-refractivity contribution >= 4 is 39.8 Å². The van der Waals surface area contributed by atoms with E-state index in [9.17, 15) is 4.79 Å². The second-order valence-electron chi connectivity index (χ2n) is 8.20. The number of aryl methyl sites for hydroxylation is 1. The maximum atomic E-state index is 11.9. The Hall–Kier alpha value is -3.51. The van der Waals surface area contributed by atoms with E-state index in [0.717, 1.165) is 51.9 Å². The molecule has 0 saturated heterocycles. The molecule has 1 aliphatic rings. The van der Waals surface area contributed by atoms with Gasteiger partial charge in [-0.25, -0.2) is 15.0 Å². The Labute approximate surface area is 191 Å². The number of carbonyl (C=O) groups excluding carboxylic acids is 1. The number of pyridine rings is 1. The summed E-state index contributed by atoms with van der Waals surface area (Å²) in [6.45, 7) is 5.18. The standard InChI is InChI=1S/C25H22ClN5O/c1-14-7-18(19-10-22(27)24(26)28-11-19)9-21-23(14)29-13-30-25(21)31-6-5-16-3-4-17(15(2)32)8-20(16)12-31/h3-4,7-11,13H,5-6,12,27H2,1-2H3. The molecule has 3 heterocycles. The van der Waals surface area contributed by atoms with Gasteiger partial charge < -0.3 is 10.6 Å². The maximum absolute atomic E-state index is 11.9. The Morgan fingerprint density at radius 3 is 2.69 bits per heavy atom. The van der Waals surface area contributed by atoms with Crippen LogP contribution in [0.3, 0.4) is 0 Å². The summed E-state index contributed by atoms with van der Waals surface area (Å²) >= 11 is 6.01. The van der Waals surface area contributed by atoms with E-state index in [1.165, 1.54) is 11.1 Å². The Kier molecular flexibility index (Phi) is 5.02. The first-order valence-corrected chi connectivity index (χ1v) is 10.8. The minimum absolute atomic E-state index is 0.0773. The first-order chi connectivity index (χ1) is 15.4. The van der Waals surface area contributed by atoms with Gasteiger partial charge in [0.25, 0.3) is 0 Å². The maximum Gasteiger partial charge on any atom is 0.159 e. The molecule has 0 fully saturated rings. The van der Waals surface area contributed by atoms with Crippen LogP contribution in [0, 0.1) is 6.92 Å². The van der Waals surface area contributed by atoms with Crippen molar-refractivity contribution in [2.75, 3.05) is 17.2 Å². The lowest BCUT2D eigenvalue weighted by molar-refractivity contribution is 0.101. The van der Waals surface area contributed by atoms with Crippen LogP contribution < -0.4 is 10.6 Å². The van der Waals surface area contributed by atoms with Crippen molar-refractivity contribution in [1.29, 1.82) is 0 Å². The normalized spacial score (nSPS) is 13.3. The summed E-state index contributed by atoms with van der Waals surface area (Å²) in [6, 6.07) is 12.0. The fraction of sp³-hybridized carbons (Fsp3) is 0.200. The van der Waals surface area contributed by atoms with Crippen molar-refractivity contribution < 1.29 is 4.79 Å². The Balaban J connectivity index is 1.60. The van der Waals surface area contributed by atoms with Gasteiger partial charge in [-0.1, -0.05) is 23.7 Å². The number of anilines is 2. The van der Waals surface area contributed by atoms with Crippen molar-refractivity contribution in [3.63, 3.8) is 0 Å². The van der Waals surface area contributed by atoms with Gasteiger partial charge in [-0.2, -0.15) is 0 Å². The summed E-state index contributed by atoms with van der Waals surface area (Å²) in [5, 5.41) is 1.27. The molecule has 32 heavy (non-hydrogen) atoms. The summed E-state index contributed by atoms with van der Waals surface area (Å²) in [6.07, 6.45) is 4.24. The highest BCUT2D eigenvalue weighted by atomic mass is 35.5. The lowest BCUT2D eigenvalue weighted by Crippen LogP contribution is -2.31. The van der Waals surface area contributed by atoms with Gasteiger partial charge in [0, 0.05) is 35.8 Å². The molecule has 6 nitrogen and oxygen atoms in total. The first-order valence-electron chi connectivity index (χ1n) is 10.4. The number of nitrogens with two attached hydrogens (primary N) is 1. The summed E-state index contributed by atoms with van der Waals surface area (Å²) in [4.78, 5) is 27.5. The van der Waals surface area contributed by atoms with Crippen molar-refractivity contribution in [2.45, 2.75) is 26.8 Å². The van der Waals surface area contributed by atoms with E-state index in [4.69, 9.17) is 17.3 Å². The molecule has 0 saturated carbocycles. The zero-order chi connectivity index (χ0) is 22.4. The minimum Gasteiger partial charge on any atom is -0.396 e. The molecule has 0 bridgehead atoms. The number of rotatable bonds is 3. The van der Waals surface area contributed by atoms with Gasteiger partial charge in [0.15, 0.2) is 10.9 Å². The zero-order valence-corrected chi connectivity index (χ0v) is 18.6. The number of nitrogen functional groups attached to an aromatic ring is 1. The van der Waals surface area contributed by atoms with E-state index >= 15 is 0 Å². The second-order valence-corrected chi connectivity index (χ2v) is 8.56. The Morgan fingerprint density at radius 2 is 1.91 bits per heavy atom. The summed E-state index contributed by atoms with van der Waals surface area (Å²) in [7, 11) is 0. The van der Waals surface area contributed by atoms with Crippen molar-refractivity contribution in [2.24, 2.45) is 0 Å². The highest BCUT2D eigenvalue weighted by molar-refractivity contribution is 6.31. The Morgan fingerprint density at radius 1 is 1.06 bits per heavy atom. The number of benzene rings is 2. The number of Topliss-reactive ketones (excluding diaryl/α,β-unsaturated/α-hetero) is 1. The van der Waals surface area contributed by atoms with Crippen LogP contribution >= 0.6 is 11.6 Å². The predicted octanol–water partition coefficient (Wildman–Crippen LogP) is 5.00. The summed E-state index contributed by atoms with van der Waals surface area (Å²) < 4.78 is 0. The molecule has 4 aromatic rings. The molecule has 0 radical (unpaired) electrons. The molecule has 7 heteroatoms. The largest absolute Gasteiger partial charge is 0.396 e. The lowest BCUT2D eigenvalue weighted by Gasteiger charge is -2.31. The van der Waals surface area contributed by atoms with E-state index in [1.54, 1.807) is 19.4 Å². The van der Waals surface area contributed by atoms with Crippen LogP contribution in [-0.4, -0.2) is 27.3 Å². The van der Waals surface area contributed by atoms with Crippen LogP contribution in [0.2, 0.25) is 5.15 Å². The zero-order valence-electron chi connectivity index (χ0n) is 17.9. The number of halogens is 1. The SMILES string of the molecule is CC(=O)c1ccc2c(c1)CN(c1ncnc3c(C)cc(-c4cnc(Cl)c(N)c4)cc13)CC2. The summed E-state index contributed by atoms with van der Waals surface area (Å²) in [5.74, 6) is 0.960. The molecule has 0 unspecified atom stereocenters. The first kappa shape index (κ1) is 20.4. The van der Waals surface area contributed by atoms with Gasteiger partial charge >= 0.3 is 0 Å². The van der Waals surface area contributed by atoms with Crippen LogP contribution in [0.4, 0.5) is 11.5 Å². The molecule has 2 N–H and O–H groups in total. The molecule has 2 aromatic carbocycles. The monoisotopic (exact) mass is 443 g/mol. The third-order valence-electron chi connectivity index (χ3n) is 6.03. The van der Waals surface area contributed by atoms with Gasteiger partial charge in [0.05, 0.1) is 11.2 Å². The molecule has 1 aliphatic heterocycles. The fourth-order valence-corrected chi connectivity index (χ4v) is 4.43. The number of fused-ring (bicyclic) bond motifs is 2. The minimum atomic E-state index is 0.0773. The second kappa shape index (κ2) is 7.88. The van der Waals surface area contributed by atoms with E-state index in [2.05, 4.69) is 38.1 Å². The van der Waals surface area contributed by atoms with Crippen LogP contribution in [0.25, 0.3) is 22.0 Å². The molecule has 0 aliphatic carbocycles. The summed E-state index contributed by atoms with van der Waals surface area (Å²) in [5.41, 5.74) is 13.5. The molecular formula is C25H22ClN5O. The highest BCUT2D eigenvalue weighted by Gasteiger charge is 2.21.